The van der Waals surface area contributed by atoms with Crippen molar-refractivity contribution < 1.29 is 0 Å². The van der Waals surface area contributed by atoms with Gasteiger partial charge in [-0.3, -0.25) is 0 Å². The summed E-state index contributed by atoms with van der Waals surface area (Å²) >= 11 is 0. The Morgan fingerprint density at radius 1 is 0.482 bits per heavy atom. The average molecular weight is 714 g/mol. The summed E-state index contributed by atoms with van der Waals surface area (Å²) in [5.41, 5.74) is 11.9. The fraction of sp³-hybridized carbons (Fsp3) is 0.0566. The van der Waals surface area contributed by atoms with Crippen LogP contribution >= 0.6 is 0 Å². The molecule has 12 aromatic rings. The van der Waals surface area contributed by atoms with Crippen molar-refractivity contribution in [1.29, 1.82) is 0 Å². The Labute approximate surface area is 323 Å². The molecule has 12 rings (SSSR count). The number of aromatic nitrogens is 3. The molecule has 1 atom stereocenters. The minimum atomic E-state index is -0.0488. The molecule has 0 aliphatic rings. The average Bonchev–Trinajstić information content (AvgIpc) is 3.77. The zero-order chi connectivity index (χ0) is 37.1. The van der Waals surface area contributed by atoms with E-state index in [1.165, 1.54) is 92.7 Å². The molecule has 0 amide bonds. The molecule has 0 saturated carbocycles. The van der Waals surface area contributed by atoms with E-state index in [2.05, 4.69) is 188 Å². The van der Waals surface area contributed by atoms with Crippen LogP contribution in [-0.4, -0.2) is 14.4 Å². The summed E-state index contributed by atoms with van der Waals surface area (Å²) in [6.07, 6.45) is 0. The number of benzene rings is 9. The van der Waals surface area contributed by atoms with Gasteiger partial charge in [0.2, 0.25) is 0 Å². The molecule has 262 valence electrons. The molecule has 0 bridgehead atoms. The molecular weight excluding hydrogens is 679 g/mol. The second-order valence-corrected chi connectivity index (χ2v) is 15.4. The van der Waals surface area contributed by atoms with Crippen molar-refractivity contribution in [2.24, 2.45) is 0 Å². The second-order valence-electron chi connectivity index (χ2n) is 15.4. The third-order valence-electron chi connectivity index (χ3n) is 12.3. The molecule has 0 radical (unpaired) electrons. The third-order valence-corrected chi connectivity index (χ3v) is 12.3. The minimum absolute atomic E-state index is 0.0488. The van der Waals surface area contributed by atoms with Crippen molar-refractivity contribution in [2.45, 2.75) is 19.8 Å². The first-order valence-electron chi connectivity index (χ1n) is 19.5. The van der Waals surface area contributed by atoms with Crippen LogP contribution in [-0.2, 0) is 0 Å². The largest absolute Gasteiger partial charge is 0.308 e. The molecule has 3 heteroatoms. The Morgan fingerprint density at radius 2 is 1.09 bits per heavy atom. The van der Waals surface area contributed by atoms with Gasteiger partial charge in [0.15, 0.2) is 5.82 Å². The maximum atomic E-state index is 5.52. The van der Waals surface area contributed by atoms with E-state index in [1.807, 2.05) is 0 Å². The van der Waals surface area contributed by atoms with Crippen LogP contribution in [0.4, 0.5) is 0 Å². The van der Waals surface area contributed by atoms with Gasteiger partial charge in [-0.1, -0.05) is 134 Å². The fourth-order valence-electron chi connectivity index (χ4n) is 9.68. The van der Waals surface area contributed by atoms with E-state index < -0.39 is 0 Å². The lowest BCUT2D eigenvalue weighted by atomic mass is 9.83. The van der Waals surface area contributed by atoms with Gasteiger partial charge in [0.05, 0.1) is 27.8 Å². The Balaban J connectivity index is 1.14. The monoisotopic (exact) mass is 713 g/mol. The number of fused-ring (bicyclic) bond motifs is 11. The van der Waals surface area contributed by atoms with Gasteiger partial charge < -0.3 is 4.40 Å². The van der Waals surface area contributed by atoms with Gasteiger partial charge in [-0.15, -0.1) is 0 Å². The number of hydrogen-bond acceptors (Lipinski definition) is 2. The van der Waals surface area contributed by atoms with Crippen molar-refractivity contribution in [3.63, 3.8) is 0 Å². The Bertz CT molecular complexity index is 3570. The van der Waals surface area contributed by atoms with Gasteiger partial charge in [0.25, 0.3) is 0 Å². The van der Waals surface area contributed by atoms with Crippen LogP contribution in [0, 0.1) is 6.92 Å². The van der Waals surface area contributed by atoms with E-state index in [0.29, 0.717) is 0 Å². The highest BCUT2D eigenvalue weighted by atomic mass is 14.9. The lowest BCUT2D eigenvalue weighted by Gasteiger charge is -2.22. The quantitative estimate of drug-likeness (QED) is 0.170. The molecule has 0 fully saturated rings. The van der Waals surface area contributed by atoms with Crippen LogP contribution in [0.5, 0.6) is 0 Å². The van der Waals surface area contributed by atoms with Crippen molar-refractivity contribution in [3.8, 4) is 22.5 Å². The number of aryl methyl sites for hydroxylation is 1. The van der Waals surface area contributed by atoms with Crippen molar-refractivity contribution in [1.82, 2.24) is 14.4 Å². The number of para-hydroxylation sites is 3. The fourth-order valence-corrected chi connectivity index (χ4v) is 9.68. The molecule has 0 aliphatic carbocycles. The van der Waals surface area contributed by atoms with Crippen molar-refractivity contribution in [2.75, 3.05) is 0 Å². The summed E-state index contributed by atoms with van der Waals surface area (Å²) in [6.45, 7) is 4.63. The van der Waals surface area contributed by atoms with Crippen LogP contribution in [0.15, 0.2) is 170 Å². The molecule has 0 saturated heterocycles. The number of hydrogen-bond donors (Lipinski definition) is 0. The van der Waals surface area contributed by atoms with Gasteiger partial charge in [0, 0.05) is 38.4 Å². The highest BCUT2D eigenvalue weighted by molar-refractivity contribution is 6.27. The Kier molecular flexibility index (Phi) is 6.53. The molecule has 3 nitrogen and oxygen atoms in total. The van der Waals surface area contributed by atoms with E-state index in [1.54, 1.807) is 0 Å². The molecule has 0 N–H and O–H groups in total. The van der Waals surface area contributed by atoms with E-state index in [0.717, 1.165) is 28.0 Å². The van der Waals surface area contributed by atoms with Gasteiger partial charge in [-0.05, 0) is 104 Å². The van der Waals surface area contributed by atoms with Gasteiger partial charge in [-0.2, -0.15) is 0 Å². The topological polar surface area (TPSA) is 30.2 Å². The summed E-state index contributed by atoms with van der Waals surface area (Å²) in [6, 6.07) is 62.0. The molecule has 9 aromatic carbocycles. The van der Waals surface area contributed by atoms with Crippen LogP contribution in [0.25, 0.3) is 104 Å². The number of nitrogens with zero attached hydrogens (tertiary/aromatic N) is 3. The third kappa shape index (κ3) is 4.40. The normalized spacial score (nSPS) is 12.8. The summed E-state index contributed by atoms with van der Waals surface area (Å²) in [7, 11) is 0. The predicted molar refractivity (Wildman–Crippen MR) is 236 cm³/mol. The lowest BCUT2D eigenvalue weighted by Crippen LogP contribution is -2.06. The Morgan fingerprint density at radius 3 is 1.89 bits per heavy atom. The maximum Gasteiger partial charge on any atom is 0.160 e. The molecule has 56 heavy (non-hydrogen) atoms. The van der Waals surface area contributed by atoms with Crippen LogP contribution in [0.1, 0.15) is 29.7 Å². The Hall–Kier alpha value is -7.10. The van der Waals surface area contributed by atoms with E-state index in [-0.39, 0.29) is 5.92 Å². The van der Waals surface area contributed by atoms with Gasteiger partial charge in [-0.25, -0.2) is 9.97 Å². The summed E-state index contributed by atoms with van der Waals surface area (Å²) in [5.74, 6) is 0.699. The SMILES string of the molecule is Cc1cc2c3ccccc3n3c4ccccc4c(c1-c1cc4ccccc4cc1C(C)c1nc(-c4ccc5ccc6ccccc6c5c4)nc4ccccc14)c23. The standard InChI is InChI=1S/C53H35N3/c1-31-27-45-39-17-8-11-21-47(39)56-48-22-12-9-19-41(48)50(52(45)56)49(31)44-29-36-15-4-3-14-35(36)28-42(44)32(2)51-40-18-7-10-20-46(40)54-53(55-51)37-26-25-34-24-23-33-13-5-6-16-38(33)43(34)30-37/h3-30,32H,1-2H3. The summed E-state index contributed by atoms with van der Waals surface area (Å²) in [4.78, 5) is 10.7. The molecule has 0 aliphatic heterocycles. The predicted octanol–water partition coefficient (Wildman–Crippen LogP) is 14.0. The highest BCUT2D eigenvalue weighted by Gasteiger charge is 2.26. The summed E-state index contributed by atoms with van der Waals surface area (Å²) in [5, 5.41) is 13.6. The van der Waals surface area contributed by atoms with Gasteiger partial charge >= 0.3 is 0 Å². The van der Waals surface area contributed by atoms with Gasteiger partial charge in [0.1, 0.15) is 0 Å². The first-order valence-corrected chi connectivity index (χ1v) is 19.5. The van der Waals surface area contributed by atoms with Crippen molar-refractivity contribution >= 4 is 81.3 Å². The van der Waals surface area contributed by atoms with Crippen LogP contribution in [0.3, 0.4) is 0 Å². The van der Waals surface area contributed by atoms with E-state index in [4.69, 9.17) is 9.97 Å². The summed E-state index contributed by atoms with van der Waals surface area (Å²) < 4.78 is 2.49. The minimum Gasteiger partial charge on any atom is -0.308 e. The van der Waals surface area contributed by atoms with Crippen LogP contribution < -0.4 is 0 Å². The first kappa shape index (κ1) is 31.3. The maximum absolute atomic E-state index is 5.52. The second kappa shape index (κ2) is 11.7. The number of rotatable bonds is 4. The van der Waals surface area contributed by atoms with E-state index in [9.17, 15) is 0 Å². The molecule has 0 spiro atoms. The highest BCUT2D eigenvalue weighted by Crippen LogP contribution is 2.48. The molecule has 1 unspecified atom stereocenters. The molecular formula is C53H35N3. The molecule has 3 heterocycles. The first-order chi connectivity index (χ1) is 27.6. The zero-order valence-electron chi connectivity index (χ0n) is 31.1. The smallest absolute Gasteiger partial charge is 0.160 e. The van der Waals surface area contributed by atoms with Crippen LogP contribution in [0.2, 0.25) is 0 Å². The lowest BCUT2D eigenvalue weighted by molar-refractivity contribution is 0.883. The van der Waals surface area contributed by atoms with E-state index >= 15 is 0 Å². The van der Waals surface area contributed by atoms with Crippen molar-refractivity contribution in [3.05, 3.63) is 187 Å². The molecule has 3 aromatic heterocycles. The zero-order valence-corrected chi connectivity index (χ0v) is 31.1.